The van der Waals surface area contributed by atoms with E-state index in [1.807, 2.05) is 6.92 Å². The summed E-state index contributed by atoms with van der Waals surface area (Å²) >= 11 is 1.26. The molecule has 0 aliphatic heterocycles. The predicted molar refractivity (Wildman–Crippen MR) is 78.4 cm³/mol. The molecular formula is C13H16N4O3S. The maximum atomic E-state index is 12.2. The van der Waals surface area contributed by atoms with Crippen LogP contribution in [0.2, 0.25) is 0 Å². The van der Waals surface area contributed by atoms with E-state index in [-0.39, 0.29) is 18.3 Å². The minimum absolute atomic E-state index is 0.0918. The van der Waals surface area contributed by atoms with Gasteiger partial charge in [0.15, 0.2) is 5.13 Å². The van der Waals surface area contributed by atoms with Gasteiger partial charge in [-0.15, -0.1) is 11.3 Å². The molecule has 7 nitrogen and oxygen atoms in total. The first kappa shape index (κ1) is 15.2. The molecule has 2 heterocycles. The van der Waals surface area contributed by atoms with Crippen LogP contribution < -0.4 is 5.32 Å². The summed E-state index contributed by atoms with van der Waals surface area (Å²) in [6, 6.07) is 1.75. The Balaban J connectivity index is 2.05. The Morgan fingerprint density at radius 3 is 2.81 bits per heavy atom. The summed E-state index contributed by atoms with van der Waals surface area (Å²) in [5, 5.41) is 9.09. The second kappa shape index (κ2) is 6.49. The minimum Gasteiger partial charge on any atom is -0.469 e. The Morgan fingerprint density at radius 1 is 1.43 bits per heavy atom. The van der Waals surface area contributed by atoms with Gasteiger partial charge in [-0.1, -0.05) is 6.92 Å². The number of methoxy groups -OCH3 is 1. The number of ether oxygens (including phenoxy) is 1. The molecule has 0 spiro atoms. The van der Waals surface area contributed by atoms with Crippen LogP contribution in [-0.4, -0.2) is 33.8 Å². The molecule has 0 bridgehead atoms. The average Bonchev–Trinajstić information content (AvgIpc) is 3.05. The van der Waals surface area contributed by atoms with Crippen molar-refractivity contribution in [2.24, 2.45) is 7.05 Å². The molecule has 2 aromatic heterocycles. The lowest BCUT2D eigenvalue weighted by molar-refractivity contribution is -0.139. The number of carbonyl (C=O) groups is 2. The van der Waals surface area contributed by atoms with Gasteiger partial charge in [0.05, 0.1) is 24.9 Å². The number of hydrogen-bond donors (Lipinski definition) is 1. The number of carbonyl (C=O) groups excluding carboxylic acids is 2. The molecule has 0 saturated carbocycles. The number of anilines is 1. The third kappa shape index (κ3) is 3.66. The monoisotopic (exact) mass is 308 g/mol. The van der Waals surface area contributed by atoms with Crippen molar-refractivity contribution in [3.63, 3.8) is 0 Å². The van der Waals surface area contributed by atoms with Gasteiger partial charge in [-0.3, -0.25) is 19.6 Å². The van der Waals surface area contributed by atoms with E-state index < -0.39 is 0 Å². The first-order valence-corrected chi connectivity index (χ1v) is 7.27. The van der Waals surface area contributed by atoms with Crippen LogP contribution in [-0.2, 0) is 29.4 Å². The molecule has 0 radical (unpaired) electrons. The van der Waals surface area contributed by atoms with Gasteiger partial charge in [0.25, 0.3) is 5.91 Å². The molecule has 1 amide bonds. The van der Waals surface area contributed by atoms with Crippen LogP contribution in [0.15, 0.2) is 11.4 Å². The predicted octanol–water partition coefficient (Wildman–Crippen LogP) is 1.41. The summed E-state index contributed by atoms with van der Waals surface area (Å²) in [6.07, 6.45) is 0.857. The van der Waals surface area contributed by atoms with Gasteiger partial charge in [-0.2, -0.15) is 5.10 Å². The minimum atomic E-state index is -0.364. The molecule has 1 N–H and O–H groups in total. The van der Waals surface area contributed by atoms with E-state index in [0.29, 0.717) is 16.5 Å². The molecule has 0 aliphatic rings. The molecule has 0 saturated heterocycles. The normalized spacial score (nSPS) is 10.4. The maximum Gasteiger partial charge on any atom is 0.311 e. The molecule has 0 atom stereocenters. The summed E-state index contributed by atoms with van der Waals surface area (Å²) in [6.45, 7) is 1.98. The molecule has 112 valence electrons. The average molecular weight is 308 g/mol. The van der Waals surface area contributed by atoms with Crippen molar-refractivity contribution in [3.05, 3.63) is 28.5 Å². The lowest BCUT2D eigenvalue weighted by Crippen LogP contribution is -2.16. The number of amides is 1. The lowest BCUT2D eigenvalue weighted by atomic mass is 10.3. The van der Waals surface area contributed by atoms with Crippen molar-refractivity contribution in [2.45, 2.75) is 19.8 Å². The zero-order chi connectivity index (χ0) is 15.4. The molecule has 0 fully saturated rings. The number of nitrogens with zero attached hydrogens (tertiary/aromatic N) is 3. The number of thiazole rings is 1. The van der Waals surface area contributed by atoms with E-state index in [9.17, 15) is 9.59 Å². The fourth-order valence-electron chi connectivity index (χ4n) is 1.74. The van der Waals surface area contributed by atoms with Crippen LogP contribution in [0.1, 0.15) is 28.8 Å². The van der Waals surface area contributed by atoms with Crippen LogP contribution in [0.3, 0.4) is 0 Å². The fourth-order valence-corrected chi connectivity index (χ4v) is 2.44. The van der Waals surface area contributed by atoms with Crippen molar-refractivity contribution in [3.8, 4) is 0 Å². The number of aryl methyl sites for hydroxylation is 2. The van der Waals surface area contributed by atoms with E-state index in [0.717, 1.165) is 12.1 Å². The Labute approximate surface area is 125 Å². The largest absolute Gasteiger partial charge is 0.469 e. The second-order valence-corrected chi connectivity index (χ2v) is 5.21. The molecular weight excluding hydrogens is 292 g/mol. The standard InChI is InChI=1S/C13H16N4O3S/c1-4-8-5-10(17(2)16-8)12(19)15-13-14-9(7-21-13)6-11(18)20-3/h5,7H,4,6H2,1-3H3,(H,14,15,19). The van der Waals surface area contributed by atoms with Crippen LogP contribution in [0, 0.1) is 0 Å². The Bertz CT molecular complexity index is 662. The highest BCUT2D eigenvalue weighted by atomic mass is 32.1. The van der Waals surface area contributed by atoms with Gasteiger partial charge in [0, 0.05) is 12.4 Å². The van der Waals surface area contributed by atoms with E-state index in [1.54, 1.807) is 18.5 Å². The Kier molecular flexibility index (Phi) is 4.69. The first-order valence-electron chi connectivity index (χ1n) is 6.39. The summed E-state index contributed by atoms with van der Waals surface area (Å²) in [5.74, 6) is -0.638. The van der Waals surface area contributed by atoms with E-state index in [1.165, 1.54) is 23.1 Å². The van der Waals surface area contributed by atoms with E-state index in [4.69, 9.17) is 0 Å². The molecule has 0 aromatic carbocycles. The first-order chi connectivity index (χ1) is 10.0. The highest BCUT2D eigenvalue weighted by Gasteiger charge is 2.15. The number of aromatic nitrogens is 3. The summed E-state index contributed by atoms with van der Waals surface area (Å²) < 4.78 is 6.11. The quantitative estimate of drug-likeness (QED) is 0.844. The lowest BCUT2D eigenvalue weighted by Gasteiger charge is -2.01. The van der Waals surface area contributed by atoms with Crippen molar-refractivity contribution in [1.29, 1.82) is 0 Å². The fraction of sp³-hybridized carbons (Fsp3) is 0.385. The number of nitrogens with one attached hydrogen (secondary N) is 1. The molecule has 21 heavy (non-hydrogen) atoms. The summed E-state index contributed by atoms with van der Waals surface area (Å²) in [4.78, 5) is 27.5. The van der Waals surface area contributed by atoms with Crippen molar-refractivity contribution in [1.82, 2.24) is 14.8 Å². The molecule has 0 aliphatic carbocycles. The topological polar surface area (TPSA) is 86.1 Å². The molecule has 2 rings (SSSR count). The van der Waals surface area contributed by atoms with Gasteiger partial charge >= 0.3 is 5.97 Å². The van der Waals surface area contributed by atoms with E-state index >= 15 is 0 Å². The highest BCUT2D eigenvalue weighted by molar-refractivity contribution is 7.14. The summed E-state index contributed by atoms with van der Waals surface area (Å²) in [7, 11) is 3.05. The Hall–Kier alpha value is -2.22. The highest BCUT2D eigenvalue weighted by Crippen LogP contribution is 2.17. The summed E-state index contributed by atoms with van der Waals surface area (Å²) in [5.41, 5.74) is 1.89. The van der Waals surface area contributed by atoms with Gasteiger partial charge in [-0.05, 0) is 12.5 Å². The number of hydrogen-bond acceptors (Lipinski definition) is 6. The van der Waals surface area contributed by atoms with Crippen LogP contribution in [0.5, 0.6) is 0 Å². The zero-order valence-corrected chi connectivity index (χ0v) is 12.9. The van der Waals surface area contributed by atoms with Crippen molar-refractivity contribution < 1.29 is 14.3 Å². The number of rotatable bonds is 5. The smallest absolute Gasteiger partial charge is 0.311 e. The molecule has 2 aromatic rings. The van der Waals surface area contributed by atoms with Gasteiger partial charge in [0.2, 0.25) is 0 Å². The van der Waals surface area contributed by atoms with Crippen LogP contribution >= 0.6 is 11.3 Å². The van der Waals surface area contributed by atoms with Crippen LogP contribution in [0.4, 0.5) is 5.13 Å². The van der Waals surface area contributed by atoms with Gasteiger partial charge in [0.1, 0.15) is 5.69 Å². The third-order valence-corrected chi connectivity index (χ3v) is 3.66. The van der Waals surface area contributed by atoms with Gasteiger partial charge < -0.3 is 4.74 Å². The SMILES string of the molecule is CCc1cc(C(=O)Nc2nc(CC(=O)OC)cs2)n(C)n1. The van der Waals surface area contributed by atoms with E-state index in [2.05, 4.69) is 20.1 Å². The van der Waals surface area contributed by atoms with Crippen LogP contribution in [0.25, 0.3) is 0 Å². The van der Waals surface area contributed by atoms with Crippen molar-refractivity contribution in [2.75, 3.05) is 12.4 Å². The second-order valence-electron chi connectivity index (χ2n) is 4.35. The number of esters is 1. The molecule has 8 heteroatoms. The molecule has 0 unspecified atom stereocenters. The Morgan fingerprint density at radius 2 is 2.19 bits per heavy atom. The third-order valence-electron chi connectivity index (χ3n) is 2.85. The zero-order valence-electron chi connectivity index (χ0n) is 12.0. The van der Waals surface area contributed by atoms with Gasteiger partial charge in [-0.25, -0.2) is 4.98 Å². The van der Waals surface area contributed by atoms with Crippen molar-refractivity contribution >= 4 is 28.3 Å². The maximum absolute atomic E-state index is 12.2.